The molecule has 29 heavy (non-hydrogen) atoms. The summed E-state index contributed by atoms with van der Waals surface area (Å²) < 4.78 is 16.1. The van der Waals surface area contributed by atoms with Crippen molar-refractivity contribution in [3.8, 4) is 23.0 Å². The first-order valence-electron chi connectivity index (χ1n) is 9.46. The predicted molar refractivity (Wildman–Crippen MR) is 107 cm³/mol. The zero-order chi connectivity index (χ0) is 20.4. The van der Waals surface area contributed by atoms with Crippen molar-refractivity contribution in [3.05, 3.63) is 59.4 Å². The van der Waals surface area contributed by atoms with E-state index in [1.54, 1.807) is 19.1 Å². The van der Waals surface area contributed by atoms with Gasteiger partial charge in [0.05, 0.1) is 14.2 Å². The fourth-order valence-corrected chi connectivity index (χ4v) is 3.58. The van der Waals surface area contributed by atoms with E-state index in [-0.39, 0.29) is 11.8 Å². The summed E-state index contributed by atoms with van der Waals surface area (Å²) in [6, 6.07) is 13.5. The van der Waals surface area contributed by atoms with E-state index >= 15 is 0 Å². The Hall–Kier alpha value is -3.35. The lowest BCUT2D eigenvalue weighted by molar-refractivity contribution is -0.128. The van der Waals surface area contributed by atoms with E-state index < -0.39 is 0 Å². The Morgan fingerprint density at radius 2 is 2.03 bits per heavy atom. The van der Waals surface area contributed by atoms with E-state index in [0.29, 0.717) is 42.7 Å². The maximum Gasteiger partial charge on any atom is 0.257 e. The third-order valence-electron chi connectivity index (χ3n) is 5.14. The number of ether oxygens (including phenoxy) is 2. The normalized spacial score (nSPS) is 16.3. The fraction of sp³-hybridized carbons (Fsp3) is 0.318. The second kappa shape index (κ2) is 7.95. The lowest BCUT2D eigenvalue weighted by Gasteiger charge is -2.18. The lowest BCUT2D eigenvalue weighted by atomic mass is 10.1. The van der Waals surface area contributed by atoms with Crippen LogP contribution in [0.3, 0.4) is 0 Å². The van der Waals surface area contributed by atoms with Gasteiger partial charge in [0.2, 0.25) is 5.91 Å². The molecule has 1 atom stereocenters. The molecule has 3 aromatic rings. The average molecular weight is 393 g/mol. The van der Waals surface area contributed by atoms with Crippen molar-refractivity contribution in [1.82, 2.24) is 15.0 Å². The summed E-state index contributed by atoms with van der Waals surface area (Å²) in [5.74, 6) is 2.43. The van der Waals surface area contributed by atoms with E-state index in [4.69, 9.17) is 14.0 Å². The SMILES string of the molecule is COc1ccc(CN2CC(c3noc(-c4cccc(C)c4)n3)CC2=O)c(OC)c1. The van der Waals surface area contributed by atoms with Crippen molar-refractivity contribution >= 4 is 5.91 Å². The quantitative estimate of drug-likeness (QED) is 0.637. The molecular formula is C22H23N3O4. The molecule has 0 N–H and O–H groups in total. The van der Waals surface area contributed by atoms with Gasteiger partial charge in [-0.25, -0.2) is 0 Å². The van der Waals surface area contributed by atoms with E-state index in [9.17, 15) is 4.79 Å². The van der Waals surface area contributed by atoms with Gasteiger partial charge in [0.1, 0.15) is 11.5 Å². The van der Waals surface area contributed by atoms with Crippen molar-refractivity contribution in [2.75, 3.05) is 20.8 Å². The highest BCUT2D eigenvalue weighted by Gasteiger charge is 2.34. The molecule has 1 fully saturated rings. The summed E-state index contributed by atoms with van der Waals surface area (Å²) >= 11 is 0. The molecule has 1 amide bonds. The van der Waals surface area contributed by atoms with Crippen LogP contribution in [0, 0.1) is 6.92 Å². The minimum Gasteiger partial charge on any atom is -0.497 e. The summed E-state index contributed by atoms with van der Waals surface area (Å²) in [6.07, 6.45) is 0.366. The van der Waals surface area contributed by atoms with Gasteiger partial charge in [-0.05, 0) is 31.2 Å². The highest BCUT2D eigenvalue weighted by Crippen LogP contribution is 2.32. The van der Waals surface area contributed by atoms with Gasteiger partial charge in [0.15, 0.2) is 5.82 Å². The van der Waals surface area contributed by atoms with Crippen LogP contribution in [-0.4, -0.2) is 41.7 Å². The standard InChI is InChI=1S/C22H23N3O4/c1-14-5-4-6-15(9-14)22-23-21(24-29-22)17-10-20(26)25(13-17)12-16-7-8-18(27-2)11-19(16)28-3/h4-9,11,17H,10,12-13H2,1-3H3. The van der Waals surface area contributed by atoms with E-state index in [0.717, 1.165) is 16.7 Å². The molecule has 2 heterocycles. The summed E-state index contributed by atoms with van der Waals surface area (Å²) in [7, 11) is 3.22. The molecule has 1 aromatic heterocycles. The van der Waals surface area contributed by atoms with Crippen LogP contribution in [0.25, 0.3) is 11.5 Å². The van der Waals surface area contributed by atoms with E-state index in [2.05, 4.69) is 10.1 Å². The highest BCUT2D eigenvalue weighted by molar-refractivity contribution is 5.79. The van der Waals surface area contributed by atoms with Gasteiger partial charge in [-0.15, -0.1) is 0 Å². The molecule has 0 aliphatic carbocycles. The van der Waals surface area contributed by atoms with Crippen molar-refractivity contribution < 1.29 is 18.8 Å². The molecule has 1 aliphatic heterocycles. The fourth-order valence-electron chi connectivity index (χ4n) is 3.58. The van der Waals surface area contributed by atoms with Gasteiger partial charge >= 0.3 is 0 Å². The van der Waals surface area contributed by atoms with Crippen LogP contribution in [0.1, 0.15) is 29.3 Å². The average Bonchev–Trinajstić information content (AvgIpc) is 3.36. The predicted octanol–water partition coefficient (Wildman–Crippen LogP) is 3.58. The molecule has 2 aromatic carbocycles. The number of methoxy groups -OCH3 is 2. The maximum atomic E-state index is 12.6. The van der Waals surface area contributed by atoms with Crippen LogP contribution in [0.4, 0.5) is 0 Å². The second-order valence-electron chi connectivity index (χ2n) is 7.18. The third-order valence-corrected chi connectivity index (χ3v) is 5.14. The number of rotatable bonds is 6. The van der Waals surface area contributed by atoms with Crippen LogP contribution in [0.5, 0.6) is 11.5 Å². The third kappa shape index (κ3) is 3.94. The largest absolute Gasteiger partial charge is 0.497 e. The number of hydrogen-bond donors (Lipinski definition) is 0. The molecule has 1 saturated heterocycles. The van der Waals surface area contributed by atoms with Gasteiger partial charge in [0.25, 0.3) is 5.89 Å². The highest BCUT2D eigenvalue weighted by atomic mass is 16.5. The number of nitrogens with zero attached hydrogens (tertiary/aromatic N) is 3. The Kier molecular flexibility index (Phi) is 5.20. The van der Waals surface area contributed by atoms with E-state index in [1.165, 1.54) is 0 Å². The zero-order valence-electron chi connectivity index (χ0n) is 16.7. The smallest absolute Gasteiger partial charge is 0.257 e. The van der Waals surface area contributed by atoms with Crippen LogP contribution >= 0.6 is 0 Å². The number of benzene rings is 2. The summed E-state index contributed by atoms with van der Waals surface area (Å²) in [5.41, 5.74) is 2.93. The molecule has 1 aliphatic rings. The number of aromatic nitrogens is 2. The van der Waals surface area contributed by atoms with Crippen LogP contribution < -0.4 is 9.47 Å². The molecule has 4 rings (SSSR count). The minimum absolute atomic E-state index is 0.0646. The van der Waals surface area contributed by atoms with Crippen molar-refractivity contribution in [2.45, 2.75) is 25.8 Å². The Morgan fingerprint density at radius 1 is 1.17 bits per heavy atom. The summed E-state index contributed by atoms with van der Waals surface area (Å²) in [4.78, 5) is 18.9. The van der Waals surface area contributed by atoms with Gasteiger partial charge in [-0.3, -0.25) is 4.79 Å². The van der Waals surface area contributed by atoms with Gasteiger partial charge < -0.3 is 18.9 Å². The van der Waals surface area contributed by atoms with Crippen LogP contribution in [0.15, 0.2) is 47.0 Å². The number of likely N-dealkylation sites (tertiary alicyclic amines) is 1. The number of carbonyl (C=O) groups excluding carboxylic acids is 1. The Balaban J connectivity index is 1.49. The van der Waals surface area contributed by atoms with Crippen molar-refractivity contribution in [3.63, 3.8) is 0 Å². The molecule has 150 valence electrons. The molecule has 0 saturated carbocycles. The van der Waals surface area contributed by atoms with Crippen LogP contribution in [0.2, 0.25) is 0 Å². The summed E-state index contributed by atoms with van der Waals surface area (Å²) in [5, 5.41) is 4.13. The van der Waals surface area contributed by atoms with Gasteiger partial charge in [-0.1, -0.05) is 22.9 Å². The molecule has 7 heteroatoms. The Bertz CT molecular complexity index is 1030. The van der Waals surface area contributed by atoms with Crippen molar-refractivity contribution in [2.24, 2.45) is 0 Å². The maximum absolute atomic E-state index is 12.6. The minimum atomic E-state index is -0.0888. The number of amides is 1. The topological polar surface area (TPSA) is 77.7 Å². The van der Waals surface area contributed by atoms with Crippen molar-refractivity contribution in [1.29, 1.82) is 0 Å². The number of carbonyl (C=O) groups is 1. The molecule has 0 bridgehead atoms. The first-order valence-corrected chi connectivity index (χ1v) is 9.46. The number of aryl methyl sites for hydroxylation is 1. The molecule has 0 radical (unpaired) electrons. The molecular weight excluding hydrogens is 370 g/mol. The lowest BCUT2D eigenvalue weighted by Crippen LogP contribution is -2.24. The number of hydrogen-bond acceptors (Lipinski definition) is 6. The zero-order valence-corrected chi connectivity index (χ0v) is 16.7. The monoisotopic (exact) mass is 393 g/mol. The van der Waals surface area contributed by atoms with Gasteiger partial charge in [-0.2, -0.15) is 4.98 Å². The van der Waals surface area contributed by atoms with Crippen LogP contribution in [-0.2, 0) is 11.3 Å². The molecule has 0 spiro atoms. The Labute approximate surface area is 169 Å². The van der Waals surface area contributed by atoms with E-state index in [1.807, 2.05) is 49.4 Å². The first-order chi connectivity index (χ1) is 14.1. The van der Waals surface area contributed by atoms with Gasteiger partial charge in [0, 0.05) is 42.6 Å². The molecule has 1 unspecified atom stereocenters. The molecule has 7 nitrogen and oxygen atoms in total. The Morgan fingerprint density at radius 3 is 2.79 bits per heavy atom. The summed E-state index contributed by atoms with van der Waals surface area (Å²) in [6.45, 7) is 3.02. The second-order valence-corrected chi connectivity index (χ2v) is 7.18. The first kappa shape index (κ1) is 19.0.